The summed E-state index contributed by atoms with van der Waals surface area (Å²) in [7, 11) is 0. The van der Waals surface area contributed by atoms with Crippen LogP contribution in [0, 0.1) is 0 Å². The summed E-state index contributed by atoms with van der Waals surface area (Å²) in [6.07, 6.45) is -9.38. The normalized spacial score (nSPS) is 12.1. The second kappa shape index (κ2) is 6.78. The van der Waals surface area contributed by atoms with Gasteiger partial charge in [-0.3, -0.25) is 0 Å². The highest BCUT2D eigenvalue weighted by atomic mass is 19.4. The molecule has 0 bridgehead atoms. The van der Waals surface area contributed by atoms with Gasteiger partial charge in [-0.05, 0) is 42.3 Å². The lowest BCUT2D eigenvalue weighted by atomic mass is 9.96. The van der Waals surface area contributed by atoms with Gasteiger partial charge in [0, 0.05) is 0 Å². The van der Waals surface area contributed by atoms with Crippen LogP contribution in [0.25, 0.3) is 11.1 Å². The molecule has 0 spiro atoms. The van der Waals surface area contributed by atoms with Crippen molar-refractivity contribution in [1.29, 1.82) is 0 Å². The van der Waals surface area contributed by atoms with Gasteiger partial charge in [0.1, 0.15) is 0 Å². The molecule has 2 aromatic rings. The van der Waals surface area contributed by atoms with Gasteiger partial charge in [-0.25, -0.2) is 4.79 Å². The molecular formula is C17H12F6O2. The van der Waals surface area contributed by atoms with Crippen LogP contribution < -0.4 is 0 Å². The van der Waals surface area contributed by atoms with Crippen molar-refractivity contribution >= 4 is 5.97 Å². The first-order valence-electron chi connectivity index (χ1n) is 7.10. The standard InChI is InChI=1S/C17H12F6O2/c1-2-25-15(24)11-5-8-13(14(9-11)17(21,22)23)10-3-6-12(7-4-10)16(18,19)20/h3-9H,2H2,1H3. The second-order valence-corrected chi connectivity index (χ2v) is 5.05. The molecule has 0 aliphatic carbocycles. The van der Waals surface area contributed by atoms with Gasteiger partial charge >= 0.3 is 18.3 Å². The SMILES string of the molecule is CCOC(=O)c1ccc(-c2ccc(C(F)(F)F)cc2)c(C(F)(F)F)c1. The fourth-order valence-corrected chi connectivity index (χ4v) is 2.21. The van der Waals surface area contributed by atoms with E-state index in [2.05, 4.69) is 4.74 Å². The first-order chi connectivity index (χ1) is 11.5. The van der Waals surface area contributed by atoms with E-state index in [-0.39, 0.29) is 23.3 Å². The van der Waals surface area contributed by atoms with Crippen molar-refractivity contribution in [2.45, 2.75) is 19.3 Å². The summed E-state index contributed by atoms with van der Waals surface area (Å²) in [6, 6.07) is 6.13. The van der Waals surface area contributed by atoms with Gasteiger partial charge in [-0.2, -0.15) is 26.3 Å². The third-order valence-corrected chi connectivity index (χ3v) is 3.36. The topological polar surface area (TPSA) is 26.3 Å². The Morgan fingerprint density at radius 3 is 2.00 bits per heavy atom. The number of hydrogen-bond acceptors (Lipinski definition) is 2. The van der Waals surface area contributed by atoms with Crippen molar-refractivity contribution in [3.8, 4) is 11.1 Å². The van der Waals surface area contributed by atoms with E-state index < -0.39 is 29.4 Å². The number of ether oxygens (including phenoxy) is 1. The smallest absolute Gasteiger partial charge is 0.417 e. The first-order valence-corrected chi connectivity index (χ1v) is 7.10. The van der Waals surface area contributed by atoms with Crippen molar-refractivity contribution in [3.63, 3.8) is 0 Å². The number of alkyl halides is 6. The number of rotatable bonds is 3. The molecule has 0 saturated carbocycles. The van der Waals surface area contributed by atoms with Gasteiger partial charge in [0.15, 0.2) is 0 Å². The summed E-state index contributed by atoms with van der Waals surface area (Å²) < 4.78 is 82.3. The molecule has 134 valence electrons. The van der Waals surface area contributed by atoms with E-state index in [0.717, 1.165) is 24.3 Å². The predicted molar refractivity (Wildman–Crippen MR) is 77.8 cm³/mol. The molecule has 2 nitrogen and oxygen atoms in total. The van der Waals surface area contributed by atoms with Crippen molar-refractivity contribution in [2.75, 3.05) is 6.61 Å². The molecule has 0 radical (unpaired) electrons. The Hall–Kier alpha value is -2.51. The highest BCUT2D eigenvalue weighted by Gasteiger charge is 2.35. The summed E-state index contributed by atoms with van der Waals surface area (Å²) in [6.45, 7) is 1.51. The molecule has 0 aliphatic heterocycles. The molecule has 0 aromatic heterocycles. The van der Waals surface area contributed by atoms with Crippen LogP contribution in [0.1, 0.15) is 28.4 Å². The Labute approximate surface area is 139 Å². The quantitative estimate of drug-likeness (QED) is 0.527. The molecule has 0 amide bonds. The highest BCUT2D eigenvalue weighted by Crippen LogP contribution is 2.39. The lowest BCUT2D eigenvalue weighted by Crippen LogP contribution is -2.11. The second-order valence-electron chi connectivity index (χ2n) is 5.05. The van der Waals surface area contributed by atoms with Gasteiger partial charge in [-0.1, -0.05) is 18.2 Å². The summed E-state index contributed by atoms with van der Waals surface area (Å²) in [5.41, 5.74) is -2.75. The lowest BCUT2D eigenvalue weighted by molar-refractivity contribution is -0.138. The zero-order valence-electron chi connectivity index (χ0n) is 12.8. The Kier molecular flexibility index (Phi) is 5.10. The third-order valence-electron chi connectivity index (χ3n) is 3.36. The summed E-state index contributed by atoms with van der Waals surface area (Å²) in [5.74, 6) is -0.910. The average molecular weight is 362 g/mol. The molecule has 2 rings (SSSR count). The minimum Gasteiger partial charge on any atom is -0.462 e. The molecule has 0 fully saturated rings. The van der Waals surface area contributed by atoms with Gasteiger partial charge < -0.3 is 4.74 Å². The molecule has 0 atom stereocenters. The van der Waals surface area contributed by atoms with Crippen LogP contribution in [-0.4, -0.2) is 12.6 Å². The van der Waals surface area contributed by atoms with E-state index in [0.29, 0.717) is 18.2 Å². The summed E-state index contributed by atoms with van der Waals surface area (Å²) >= 11 is 0. The zero-order valence-corrected chi connectivity index (χ0v) is 12.8. The van der Waals surface area contributed by atoms with Crippen molar-refractivity contribution < 1.29 is 35.9 Å². The van der Waals surface area contributed by atoms with Crippen molar-refractivity contribution in [3.05, 3.63) is 59.2 Å². The minimum atomic E-state index is -4.79. The van der Waals surface area contributed by atoms with Gasteiger partial charge in [0.05, 0.1) is 23.3 Å². The fourth-order valence-electron chi connectivity index (χ4n) is 2.21. The van der Waals surface area contributed by atoms with Crippen LogP contribution in [0.4, 0.5) is 26.3 Å². The largest absolute Gasteiger partial charge is 0.462 e. The van der Waals surface area contributed by atoms with Gasteiger partial charge in [-0.15, -0.1) is 0 Å². The number of halogens is 6. The van der Waals surface area contributed by atoms with E-state index in [9.17, 15) is 31.1 Å². The van der Waals surface area contributed by atoms with E-state index in [4.69, 9.17) is 0 Å². The van der Waals surface area contributed by atoms with Crippen LogP contribution in [0.3, 0.4) is 0 Å². The van der Waals surface area contributed by atoms with E-state index in [1.54, 1.807) is 0 Å². The number of esters is 1. The number of hydrogen-bond donors (Lipinski definition) is 0. The molecule has 0 aliphatic rings. The maximum absolute atomic E-state index is 13.3. The van der Waals surface area contributed by atoms with Crippen LogP contribution in [0.2, 0.25) is 0 Å². The highest BCUT2D eigenvalue weighted by molar-refractivity contribution is 5.90. The molecule has 8 heteroatoms. The van der Waals surface area contributed by atoms with Crippen LogP contribution in [0.15, 0.2) is 42.5 Å². The summed E-state index contributed by atoms with van der Waals surface area (Å²) in [4.78, 5) is 11.6. The Morgan fingerprint density at radius 1 is 0.920 bits per heavy atom. The zero-order chi connectivity index (χ0) is 18.8. The van der Waals surface area contributed by atoms with E-state index >= 15 is 0 Å². The summed E-state index contributed by atoms with van der Waals surface area (Å²) in [5, 5.41) is 0. The molecule has 0 heterocycles. The molecule has 0 unspecified atom stereocenters. The minimum absolute atomic E-state index is 0.000834. The predicted octanol–water partition coefficient (Wildman–Crippen LogP) is 5.57. The van der Waals surface area contributed by atoms with Crippen LogP contribution >= 0.6 is 0 Å². The monoisotopic (exact) mass is 362 g/mol. The van der Waals surface area contributed by atoms with E-state index in [1.807, 2.05) is 0 Å². The molecule has 0 saturated heterocycles. The Balaban J connectivity index is 2.52. The number of carbonyl (C=O) groups is 1. The molecule has 2 aromatic carbocycles. The Bertz CT molecular complexity index is 760. The number of carbonyl (C=O) groups excluding carboxylic acids is 1. The maximum atomic E-state index is 13.3. The number of benzene rings is 2. The lowest BCUT2D eigenvalue weighted by Gasteiger charge is -2.15. The van der Waals surface area contributed by atoms with Crippen molar-refractivity contribution in [2.24, 2.45) is 0 Å². The average Bonchev–Trinajstić information content (AvgIpc) is 2.53. The third kappa shape index (κ3) is 4.32. The maximum Gasteiger partial charge on any atom is 0.417 e. The first kappa shape index (κ1) is 18.8. The van der Waals surface area contributed by atoms with Crippen LogP contribution in [0.5, 0.6) is 0 Å². The molecule has 25 heavy (non-hydrogen) atoms. The molecular weight excluding hydrogens is 350 g/mol. The van der Waals surface area contributed by atoms with Crippen LogP contribution in [-0.2, 0) is 17.1 Å². The van der Waals surface area contributed by atoms with Crippen molar-refractivity contribution in [1.82, 2.24) is 0 Å². The van der Waals surface area contributed by atoms with E-state index in [1.165, 1.54) is 6.92 Å². The molecule has 0 N–H and O–H groups in total. The van der Waals surface area contributed by atoms with Gasteiger partial charge in [0.25, 0.3) is 0 Å². The fraction of sp³-hybridized carbons (Fsp3) is 0.235. The Morgan fingerprint density at radius 2 is 1.52 bits per heavy atom. The van der Waals surface area contributed by atoms with Gasteiger partial charge in [0.2, 0.25) is 0 Å².